The van der Waals surface area contributed by atoms with Gasteiger partial charge in [0.1, 0.15) is 6.04 Å². The average molecular weight is 237 g/mol. The normalized spacial score (nSPS) is 19.8. The smallest absolute Gasteiger partial charge is 0.134 e. The Morgan fingerprint density at radius 2 is 2.38 bits per heavy atom. The summed E-state index contributed by atoms with van der Waals surface area (Å²) in [6.45, 7) is 2.91. The molecule has 0 radical (unpaired) electrons. The topological polar surface area (TPSA) is 26.8 Å². The number of nitrogens with zero attached hydrogens (tertiary/aromatic N) is 2. The average Bonchev–Trinajstić information content (AvgIpc) is 2.83. The van der Waals surface area contributed by atoms with Gasteiger partial charge in [0.15, 0.2) is 0 Å². The van der Waals surface area contributed by atoms with E-state index in [0.717, 1.165) is 16.7 Å². The quantitative estimate of drug-likeness (QED) is 0.701. The Morgan fingerprint density at radius 3 is 2.92 bits per heavy atom. The largest absolute Gasteiger partial charge is 0.350 e. The van der Waals surface area contributed by atoms with Gasteiger partial charge in [0.2, 0.25) is 0 Å². The Morgan fingerprint density at radius 1 is 1.62 bits per heavy atom. The molecule has 1 fully saturated rings. The van der Waals surface area contributed by atoms with E-state index >= 15 is 0 Å². The second-order valence-corrected chi connectivity index (χ2v) is 4.11. The molecule has 2 rings (SSSR count). The summed E-state index contributed by atoms with van der Waals surface area (Å²) >= 11 is 3.49. The van der Waals surface area contributed by atoms with Crippen molar-refractivity contribution in [2.24, 2.45) is 0 Å². The van der Waals surface area contributed by atoms with Crippen LogP contribution in [0.15, 0.2) is 22.7 Å². The van der Waals surface area contributed by atoms with Gasteiger partial charge < -0.3 is 4.90 Å². The van der Waals surface area contributed by atoms with E-state index in [0.29, 0.717) is 0 Å². The molecule has 0 amide bonds. The number of hydrogen-bond donors (Lipinski definition) is 0. The summed E-state index contributed by atoms with van der Waals surface area (Å²) in [4.78, 5) is 2.07. The number of anilines is 1. The minimum absolute atomic E-state index is 0.0824. The molecular weight excluding hydrogens is 228 g/mol. The lowest BCUT2D eigenvalue weighted by Crippen LogP contribution is -1.97. The van der Waals surface area contributed by atoms with Crippen molar-refractivity contribution in [3.63, 3.8) is 0 Å². The van der Waals surface area contributed by atoms with Crippen molar-refractivity contribution in [3.05, 3.63) is 28.2 Å². The van der Waals surface area contributed by atoms with Gasteiger partial charge in [0, 0.05) is 4.47 Å². The minimum atomic E-state index is 0.0824. The van der Waals surface area contributed by atoms with Crippen molar-refractivity contribution in [3.8, 4) is 6.07 Å². The van der Waals surface area contributed by atoms with E-state index in [2.05, 4.69) is 52.0 Å². The highest BCUT2D eigenvalue weighted by molar-refractivity contribution is 9.10. The molecule has 0 bridgehead atoms. The molecule has 1 heterocycles. The Balaban J connectivity index is 2.29. The van der Waals surface area contributed by atoms with Crippen LogP contribution in [0, 0.1) is 18.3 Å². The third-order valence-electron chi connectivity index (χ3n) is 2.17. The highest BCUT2D eigenvalue weighted by Gasteiger charge is 2.35. The summed E-state index contributed by atoms with van der Waals surface area (Å²) in [7, 11) is 0. The zero-order valence-electron chi connectivity index (χ0n) is 7.29. The Kier molecular flexibility index (Phi) is 2.01. The summed E-state index contributed by atoms with van der Waals surface area (Å²) in [6, 6.07) is 8.50. The fourth-order valence-corrected chi connectivity index (χ4v) is 2.08. The first-order chi connectivity index (χ1) is 6.22. The van der Waals surface area contributed by atoms with Gasteiger partial charge in [-0.05, 0) is 40.5 Å². The molecule has 0 saturated carbocycles. The van der Waals surface area contributed by atoms with E-state index < -0.39 is 0 Å². The predicted octanol–water partition coefficient (Wildman–Crippen LogP) is 2.47. The van der Waals surface area contributed by atoms with Gasteiger partial charge in [-0.3, -0.25) is 0 Å². The number of hydrogen-bond acceptors (Lipinski definition) is 2. The molecule has 1 aromatic rings. The van der Waals surface area contributed by atoms with Crippen molar-refractivity contribution in [2.45, 2.75) is 13.0 Å². The van der Waals surface area contributed by atoms with Crippen LogP contribution in [-0.2, 0) is 0 Å². The van der Waals surface area contributed by atoms with Crippen LogP contribution in [-0.4, -0.2) is 12.6 Å². The molecule has 0 spiro atoms. The molecule has 0 N–H and O–H groups in total. The van der Waals surface area contributed by atoms with Gasteiger partial charge in [0.25, 0.3) is 0 Å². The summed E-state index contributed by atoms with van der Waals surface area (Å²) in [5.41, 5.74) is 2.35. The summed E-state index contributed by atoms with van der Waals surface area (Å²) in [6.07, 6.45) is 0. The molecule has 0 aromatic heterocycles. The molecule has 3 heteroatoms. The maximum atomic E-state index is 8.68. The first-order valence-electron chi connectivity index (χ1n) is 4.15. The van der Waals surface area contributed by atoms with E-state index in [9.17, 15) is 0 Å². The van der Waals surface area contributed by atoms with Gasteiger partial charge in [-0.1, -0.05) is 6.07 Å². The molecule has 0 aliphatic carbocycles. The van der Waals surface area contributed by atoms with E-state index in [1.165, 1.54) is 5.56 Å². The molecule has 1 saturated heterocycles. The van der Waals surface area contributed by atoms with Gasteiger partial charge in [-0.25, -0.2) is 0 Å². The van der Waals surface area contributed by atoms with Gasteiger partial charge >= 0.3 is 0 Å². The highest BCUT2D eigenvalue weighted by atomic mass is 79.9. The monoisotopic (exact) mass is 236 g/mol. The fraction of sp³-hybridized carbons (Fsp3) is 0.300. The van der Waals surface area contributed by atoms with Crippen LogP contribution in [0.3, 0.4) is 0 Å². The van der Waals surface area contributed by atoms with Gasteiger partial charge in [-0.2, -0.15) is 5.26 Å². The second-order valence-electron chi connectivity index (χ2n) is 3.25. The van der Waals surface area contributed by atoms with Crippen molar-refractivity contribution < 1.29 is 0 Å². The molecule has 1 aliphatic heterocycles. The number of rotatable bonds is 1. The van der Waals surface area contributed by atoms with Gasteiger partial charge in [0.05, 0.1) is 18.3 Å². The maximum absolute atomic E-state index is 8.68. The molecule has 1 unspecified atom stereocenters. The van der Waals surface area contributed by atoms with Crippen LogP contribution in [0.4, 0.5) is 5.69 Å². The van der Waals surface area contributed by atoms with Crippen molar-refractivity contribution in [2.75, 3.05) is 11.4 Å². The van der Waals surface area contributed by atoms with E-state index in [1.54, 1.807) is 0 Å². The number of benzene rings is 1. The zero-order valence-corrected chi connectivity index (χ0v) is 8.87. The molecule has 1 aromatic carbocycles. The van der Waals surface area contributed by atoms with Crippen molar-refractivity contribution in [1.82, 2.24) is 0 Å². The summed E-state index contributed by atoms with van der Waals surface area (Å²) < 4.78 is 1.07. The molecule has 1 aliphatic rings. The summed E-state index contributed by atoms with van der Waals surface area (Å²) in [5, 5.41) is 8.68. The lowest BCUT2D eigenvalue weighted by Gasteiger charge is -2.06. The van der Waals surface area contributed by atoms with Crippen LogP contribution >= 0.6 is 15.9 Å². The first kappa shape index (κ1) is 8.58. The predicted molar refractivity (Wildman–Crippen MR) is 55.6 cm³/mol. The second kappa shape index (κ2) is 3.04. The van der Waals surface area contributed by atoms with Crippen LogP contribution in [0.5, 0.6) is 0 Å². The third-order valence-corrected chi connectivity index (χ3v) is 2.81. The van der Waals surface area contributed by atoms with Crippen molar-refractivity contribution in [1.29, 1.82) is 5.26 Å². The highest BCUT2D eigenvalue weighted by Crippen LogP contribution is 2.34. The number of aryl methyl sites for hydroxylation is 1. The summed E-state index contributed by atoms with van der Waals surface area (Å²) in [5.74, 6) is 0. The van der Waals surface area contributed by atoms with Crippen LogP contribution < -0.4 is 4.90 Å². The lowest BCUT2D eigenvalue weighted by molar-refractivity contribution is 1.25. The number of nitriles is 1. The Labute approximate surface area is 85.9 Å². The first-order valence-corrected chi connectivity index (χ1v) is 4.94. The van der Waals surface area contributed by atoms with Crippen molar-refractivity contribution >= 4 is 21.6 Å². The van der Waals surface area contributed by atoms with E-state index in [4.69, 9.17) is 5.26 Å². The van der Waals surface area contributed by atoms with E-state index in [-0.39, 0.29) is 6.04 Å². The maximum Gasteiger partial charge on any atom is 0.134 e. The van der Waals surface area contributed by atoms with E-state index in [1.807, 2.05) is 0 Å². The van der Waals surface area contributed by atoms with Crippen LogP contribution in [0.25, 0.3) is 0 Å². The fourth-order valence-electron chi connectivity index (χ4n) is 1.36. The molecule has 13 heavy (non-hydrogen) atoms. The Hall–Kier alpha value is -1.01. The molecule has 66 valence electrons. The SMILES string of the molecule is Cc1ccc(N2CC2C#N)c(Br)c1. The van der Waals surface area contributed by atoms with Gasteiger partial charge in [-0.15, -0.1) is 0 Å². The Bertz CT molecular complexity index is 381. The molecule has 2 nitrogen and oxygen atoms in total. The standard InChI is InChI=1S/C10H9BrN2/c1-7-2-3-10(9(11)4-7)13-6-8(13)5-12/h2-4,8H,6H2,1H3. The van der Waals surface area contributed by atoms with Crippen LogP contribution in [0.1, 0.15) is 5.56 Å². The number of halogens is 1. The molecular formula is C10H9BrN2. The molecule has 1 atom stereocenters. The van der Waals surface area contributed by atoms with Crippen LogP contribution in [0.2, 0.25) is 0 Å². The lowest BCUT2D eigenvalue weighted by atomic mass is 10.2. The minimum Gasteiger partial charge on any atom is -0.350 e. The zero-order chi connectivity index (χ0) is 9.42. The third kappa shape index (κ3) is 1.54.